The fraction of sp³-hybridized carbons (Fsp3) is 0.391. The highest BCUT2D eigenvalue weighted by atomic mass is 19.1. The first kappa shape index (κ1) is 20.5. The molecule has 0 radical (unpaired) electrons. The number of fused-ring (bicyclic) bond motifs is 1. The molecule has 1 atom stereocenters. The SMILES string of the molecule is NCC(CCc1ccc2c(=O)[nH]c(=O)[nH]c2c1)N1CCC(c2ccc(F)cc2)CC1. The van der Waals surface area contributed by atoms with E-state index in [1.54, 1.807) is 6.07 Å². The van der Waals surface area contributed by atoms with Gasteiger partial charge in [-0.15, -0.1) is 0 Å². The van der Waals surface area contributed by atoms with Gasteiger partial charge in [-0.1, -0.05) is 18.2 Å². The van der Waals surface area contributed by atoms with Crippen molar-refractivity contribution in [2.24, 2.45) is 5.73 Å². The van der Waals surface area contributed by atoms with Crippen molar-refractivity contribution in [2.75, 3.05) is 19.6 Å². The molecule has 0 bridgehead atoms. The summed E-state index contributed by atoms with van der Waals surface area (Å²) in [5.74, 6) is 0.275. The zero-order valence-corrected chi connectivity index (χ0v) is 16.9. The van der Waals surface area contributed by atoms with Crippen LogP contribution in [0.1, 0.15) is 36.3 Å². The molecule has 7 heteroatoms. The van der Waals surface area contributed by atoms with Crippen molar-refractivity contribution < 1.29 is 4.39 Å². The fourth-order valence-corrected chi connectivity index (χ4v) is 4.49. The van der Waals surface area contributed by atoms with Crippen LogP contribution in [0.3, 0.4) is 0 Å². The molecule has 1 aliphatic heterocycles. The molecule has 0 saturated carbocycles. The lowest BCUT2D eigenvalue weighted by atomic mass is 9.88. The van der Waals surface area contributed by atoms with E-state index in [2.05, 4.69) is 14.9 Å². The molecule has 1 saturated heterocycles. The number of aromatic nitrogens is 2. The van der Waals surface area contributed by atoms with Crippen LogP contribution in [-0.4, -0.2) is 40.5 Å². The highest BCUT2D eigenvalue weighted by Gasteiger charge is 2.25. The molecule has 0 aliphatic carbocycles. The Bertz CT molecular complexity index is 1110. The van der Waals surface area contributed by atoms with E-state index in [1.165, 1.54) is 17.7 Å². The van der Waals surface area contributed by atoms with E-state index in [-0.39, 0.29) is 17.4 Å². The normalized spacial score (nSPS) is 16.7. The number of likely N-dealkylation sites (tertiary alicyclic amines) is 1. The van der Waals surface area contributed by atoms with Gasteiger partial charge in [0.2, 0.25) is 0 Å². The Labute approximate surface area is 173 Å². The number of nitrogens with two attached hydrogens (primary N) is 1. The molecular weight excluding hydrogens is 383 g/mol. The van der Waals surface area contributed by atoms with Gasteiger partial charge in [0.05, 0.1) is 10.9 Å². The number of halogens is 1. The van der Waals surface area contributed by atoms with Crippen molar-refractivity contribution in [1.29, 1.82) is 0 Å². The second-order valence-corrected chi connectivity index (χ2v) is 8.08. The Morgan fingerprint density at radius 2 is 1.80 bits per heavy atom. The standard InChI is InChI=1S/C23H27FN4O2/c24-18-5-3-16(4-6-18)17-9-11-28(12-10-17)19(14-25)7-1-15-2-8-20-21(13-15)26-23(30)27-22(20)29/h2-6,8,13,17,19H,1,7,9-12,14,25H2,(H2,26,27,29,30). The van der Waals surface area contributed by atoms with E-state index < -0.39 is 5.69 Å². The maximum Gasteiger partial charge on any atom is 0.326 e. The van der Waals surface area contributed by atoms with Gasteiger partial charge >= 0.3 is 5.69 Å². The molecule has 2 aromatic carbocycles. The van der Waals surface area contributed by atoms with Crippen LogP contribution >= 0.6 is 0 Å². The van der Waals surface area contributed by atoms with E-state index in [9.17, 15) is 14.0 Å². The highest BCUT2D eigenvalue weighted by Crippen LogP contribution is 2.29. The average molecular weight is 410 g/mol. The van der Waals surface area contributed by atoms with Crippen molar-refractivity contribution in [1.82, 2.24) is 14.9 Å². The molecule has 4 N–H and O–H groups in total. The van der Waals surface area contributed by atoms with Crippen LogP contribution in [0, 0.1) is 5.82 Å². The fourth-order valence-electron chi connectivity index (χ4n) is 4.49. The average Bonchev–Trinajstić information content (AvgIpc) is 2.75. The van der Waals surface area contributed by atoms with Gasteiger partial charge in [0.25, 0.3) is 5.56 Å². The molecule has 1 aromatic heterocycles. The third kappa shape index (κ3) is 4.52. The minimum atomic E-state index is -0.492. The second kappa shape index (κ2) is 8.93. The van der Waals surface area contributed by atoms with Crippen LogP contribution in [0.2, 0.25) is 0 Å². The molecule has 30 heavy (non-hydrogen) atoms. The second-order valence-electron chi connectivity index (χ2n) is 8.08. The maximum atomic E-state index is 13.2. The summed E-state index contributed by atoms with van der Waals surface area (Å²) in [6, 6.07) is 12.7. The summed E-state index contributed by atoms with van der Waals surface area (Å²) in [7, 11) is 0. The molecular formula is C23H27FN4O2. The maximum absolute atomic E-state index is 13.2. The van der Waals surface area contributed by atoms with Crippen LogP contribution in [0.4, 0.5) is 4.39 Å². The van der Waals surface area contributed by atoms with Gasteiger partial charge in [0.1, 0.15) is 5.82 Å². The summed E-state index contributed by atoms with van der Waals surface area (Å²) in [5, 5.41) is 0.483. The Morgan fingerprint density at radius 3 is 2.50 bits per heavy atom. The summed E-state index contributed by atoms with van der Waals surface area (Å²) >= 11 is 0. The molecule has 1 aliphatic rings. The van der Waals surface area contributed by atoms with Crippen molar-refractivity contribution in [3.05, 3.63) is 80.2 Å². The summed E-state index contributed by atoms with van der Waals surface area (Å²) < 4.78 is 13.2. The van der Waals surface area contributed by atoms with Crippen LogP contribution in [0.5, 0.6) is 0 Å². The quantitative estimate of drug-likeness (QED) is 0.582. The van der Waals surface area contributed by atoms with Crippen LogP contribution in [0.15, 0.2) is 52.1 Å². The molecule has 6 nitrogen and oxygen atoms in total. The summed E-state index contributed by atoms with van der Waals surface area (Å²) in [6.45, 7) is 2.54. The number of aryl methyl sites for hydroxylation is 1. The van der Waals surface area contributed by atoms with Gasteiger partial charge in [0, 0.05) is 12.6 Å². The van der Waals surface area contributed by atoms with Crippen molar-refractivity contribution in [3.8, 4) is 0 Å². The van der Waals surface area contributed by atoms with Gasteiger partial charge in [-0.05, 0) is 80.1 Å². The number of aromatic amines is 2. The predicted octanol–water partition coefficient (Wildman–Crippen LogP) is 2.50. The highest BCUT2D eigenvalue weighted by molar-refractivity contribution is 5.77. The van der Waals surface area contributed by atoms with Crippen LogP contribution < -0.4 is 17.0 Å². The molecule has 158 valence electrons. The Hall–Kier alpha value is -2.77. The Morgan fingerprint density at radius 1 is 1.07 bits per heavy atom. The van der Waals surface area contributed by atoms with E-state index >= 15 is 0 Å². The zero-order valence-electron chi connectivity index (χ0n) is 16.9. The number of benzene rings is 2. The Balaban J connectivity index is 1.37. The lowest BCUT2D eigenvalue weighted by Gasteiger charge is -2.37. The van der Waals surface area contributed by atoms with E-state index in [4.69, 9.17) is 5.73 Å². The first-order chi connectivity index (χ1) is 14.5. The zero-order chi connectivity index (χ0) is 21.1. The van der Waals surface area contributed by atoms with Crippen molar-refractivity contribution >= 4 is 10.9 Å². The molecule has 2 heterocycles. The number of rotatable bonds is 6. The van der Waals surface area contributed by atoms with Gasteiger partial charge < -0.3 is 10.7 Å². The largest absolute Gasteiger partial charge is 0.329 e. The first-order valence-electron chi connectivity index (χ1n) is 10.5. The number of nitrogens with zero attached hydrogens (tertiary/aromatic N) is 1. The topological polar surface area (TPSA) is 95.0 Å². The first-order valence-corrected chi connectivity index (χ1v) is 10.5. The summed E-state index contributed by atoms with van der Waals surface area (Å²) in [4.78, 5) is 30.8. The number of piperidine rings is 1. The molecule has 1 fully saturated rings. The smallest absolute Gasteiger partial charge is 0.326 e. The third-order valence-corrected chi connectivity index (χ3v) is 6.23. The van der Waals surface area contributed by atoms with Crippen molar-refractivity contribution in [3.63, 3.8) is 0 Å². The predicted molar refractivity (Wildman–Crippen MR) is 116 cm³/mol. The van der Waals surface area contributed by atoms with Gasteiger partial charge in [-0.3, -0.25) is 14.7 Å². The molecule has 0 amide bonds. The molecule has 3 aromatic rings. The lowest BCUT2D eigenvalue weighted by Crippen LogP contribution is -2.45. The van der Waals surface area contributed by atoms with Crippen LogP contribution in [0.25, 0.3) is 10.9 Å². The van der Waals surface area contributed by atoms with Crippen molar-refractivity contribution in [2.45, 2.75) is 37.6 Å². The minimum Gasteiger partial charge on any atom is -0.329 e. The van der Waals surface area contributed by atoms with E-state index in [0.717, 1.165) is 44.3 Å². The van der Waals surface area contributed by atoms with Crippen LogP contribution in [-0.2, 0) is 6.42 Å². The number of H-pyrrole nitrogens is 2. The van der Waals surface area contributed by atoms with E-state index in [1.807, 2.05) is 24.3 Å². The lowest BCUT2D eigenvalue weighted by molar-refractivity contribution is 0.148. The number of nitrogens with one attached hydrogen (secondary N) is 2. The summed E-state index contributed by atoms with van der Waals surface area (Å²) in [6.07, 6.45) is 3.82. The third-order valence-electron chi connectivity index (χ3n) is 6.23. The van der Waals surface area contributed by atoms with E-state index in [0.29, 0.717) is 23.4 Å². The Kier molecular flexibility index (Phi) is 6.11. The monoisotopic (exact) mass is 410 g/mol. The molecule has 1 unspecified atom stereocenters. The molecule has 0 spiro atoms. The minimum absolute atomic E-state index is 0.193. The van der Waals surface area contributed by atoms with Gasteiger partial charge in [0.15, 0.2) is 0 Å². The number of hydrogen-bond donors (Lipinski definition) is 3. The summed E-state index contributed by atoms with van der Waals surface area (Å²) in [5.41, 5.74) is 8.06. The number of hydrogen-bond acceptors (Lipinski definition) is 4. The molecule has 4 rings (SSSR count). The van der Waals surface area contributed by atoms with Gasteiger partial charge in [-0.2, -0.15) is 0 Å². The van der Waals surface area contributed by atoms with Gasteiger partial charge in [-0.25, -0.2) is 9.18 Å².